The second-order valence-electron chi connectivity index (χ2n) is 5.05. The van der Waals surface area contributed by atoms with Crippen molar-refractivity contribution in [1.82, 2.24) is 15.5 Å². The van der Waals surface area contributed by atoms with Crippen LogP contribution in [0.2, 0.25) is 0 Å². The molecule has 0 amide bonds. The largest absolute Gasteiger partial charge is 0.338 e. The summed E-state index contributed by atoms with van der Waals surface area (Å²) in [4.78, 5) is 4.47. The highest BCUT2D eigenvalue weighted by atomic mass is 16.5. The Labute approximate surface area is 106 Å². The third-order valence-corrected chi connectivity index (χ3v) is 3.35. The fraction of sp³-hybridized carbons (Fsp3) is 0.429. The van der Waals surface area contributed by atoms with Crippen LogP contribution < -0.4 is 5.32 Å². The van der Waals surface area contributed by atoms with Gasteiger partial charge in [-0.2, -0.15) is 4.98 Å². The summed E-state index contributed by atoms with van der Waals surface area (Å²) in [7, 11) is 0. The van der Waals surface area contributed by atoms with Crippen molar-refractivity contribution in [3.05, 3.63) is 47.1 Å². The molecule has 0 spiro atoms. The van der Waals surface area contributed by atoms with E-state index in [0.29, 0.717) is 11.8 Å². The van der Waals surface area contributed by atoms with Crippen molar-refractivity contribution in [2.24, 2.45) is 0 Å². The Kier molecular flexibility index (Phi) is 2.88. The normalized spacial score (nSPS) is 18.9. The standard InChI is InChI=1S/C14H17N3O/c1-9(2)13-16-14(18-17-13)12-7-10-5-3-4-6-11(10)8-15-12/h3-6,9,12,15H,7-8H2,1-2H3/t12-/m0/s1. The summed E-state index contributed by atoms with van der Waals surface area (Å²) in [6.45, 7) is 5.00. The zero-order valence-corrected chi connectivity index (χ0v) is 10.7. The van der Waals surface area contributed by atoms with Crippen molar-refractivity contribution in [3.8, 4) is 0 Å². The van der Waals surface area contributed by atoms with E-state index in [4.69, 9.17) is 4.52 Å². The van der Waals surface area contributed by atoms with Crippen molar-refractivity contribution in [2.45, 2.75) is 38.8 Å². The number of nitrogens with one attached hydrogen (secondary N) is 1. The Balaban J connectivity index is 1.83. The second kappa shape index (κ2) is 4.53. The van der Waals surface area contributed by atoms with Crippen LogP contribution in [-0.2, 0) is 13.0 Å². The summed E-state index contributed by atoms with van der Waals surface area (Å²) in [5.74, 6) is 1.79. The summed E-state index contributed by atoms with van der Waals surface area (Å²) >= 11 is 0. The molecule has 1 aliphatic rings. The van der Waals surface area contributed by atoms with Gasteiger partial charge in [-0.1, -0.05) is 43.3 Å². The molecular weight excluding hydrogens is 226 g/mol. The van der Waals surface area contributed by atoms with Gasteiger partial charge >= 0.3 is 0 Å². The van der Waals surface area contributed by atoms with Crippen LogP contribution in [0.1, 0.15) is 48.6 Å². The van der Waals surface area contributed by atoms with Gasteiger partial charge in [0.15, 0.2) is 5.82 Å². The fourth-order valence-electron chi connectivity index (χ4n) is 2.25. The average Bonchev–Trinajstić information content (AvgIpc) is 2.88. The maximum absolute atomic E-state index is 5.36. The van der Waals surface area contributed by atoms with E-state index < -0.39 is 0 Å². The molecule has 3 rings (SSSR count). The lowest BCUT2D eigenvalue weighted by molar-refractivity contribution is 0.318. The number of aromatic nitrogens is 2. The van der Waals surface area contributed by atoms with Crippen LogP contribution in [0.5, 0.6) is 0 Å². The molecule has 1 atom stereocenters. The Bertz CT molecular complexity index is 547. The number of benzene rings is 1. The molecule has 2 aromatic rings. The minimum absolute atomic E-state index is 0.139. The molecule has 0 fully saturated rings. The van der Waals surface area contributed by atoms with E-state index in [0.717, 1.165) is 18.8 Å². The molecule has 0 radical (unpaired) electrons. The van der Waals surface area contributed by atoms with E-state index in [-0.39, 0.29) is 6.04 Å². The molecule has 18 heavy (non-hydrogen) atoms. The first-order valence-electron chi connectivity index (χ1n) is 6.37. The fourth-order valence-corrected chi connectivity index (χ4v) is 2.25. The highest BCUT2D eigenvalue weighted by Crippen LogP contribution is 2.25. The first-order chi connectivity index (χ1) is 8.74. The van der Waals surface area contributed by atoms with Gasteiger partial charge in [0.2, 0.25) is 5.89 Å². The lowest BCUT2D eigenvalue weighted by atomic mass is 9.96. The molecule has 2 heterocycles. The van der Waals surface area contributed by atoms with Crippen LogP contribution in [0.4, 0.5) is 0 Å². The lowest BCUT2D eigenvalue weighted by Gasteiger charge is -2.23. The van der Waals surface area contributed by atoms with Crippen LogP contribution in [0, 0.1) is 0 Å². The van der Waals surface area contributed by atoms with Crippen molar-refractivity contribution in [2.75, 3.05) is 0 Å². The highest BCUT2D eigenvalue weighted by Gasteiger charge is 2.24. The number of fused-ring (bicyclic) bond motifs is 1. The summed E-state index contributed by atoms with van der Waals surface area (Å²) in [6.07, 6.45) is 0.913. The van der Waals surface area contributed by atoms with Crippen molar-refractivity contribution in [3.63, 3.8) is 0 Å². The predicted octanol–water partition coefficient (Wildman–Crippen LogP) is 2.58. The first kappa shape index (κ1) is 11.4. The molecule has 4 heteroatoms. The van der Waals surface area contributed by atoms with E-state index in [1.54, 1.807) is 0 Å². The Morgan fingerprint density at radius 2 is 2.06 bits per heavy atom. The van der Waals surface area contributed by atoms with Gasteiger partial charge in [-0.05, 0) is 17.5 Å². The molecule has 0 unspecified atom stereocenters. The smallest absolute Gasteiger partial charge is 0.244 e. The molecule has 1 aromatic carbocycles. The van der Waals surface area contributed by atoms with E-state index >= 15 is 0 Å². The molecule has 1 N–H and O–H groups in total. The van der Waals surface area contributed by atoms with Gasteiger partial charge in [0.1, 0.15) is 0 Å². The first-order valence-corrected chi connectivity index (χ1v) is 6.37. The second-order valence-corrected chi connectivity index (χ2v) is 5.05. The highest BCUT2D eigenvalue weighted by molar-refractivity contribution is 5.30. The lowest BCUT2D eigenvalue weighted by Crippen LogP contribution is -2.28. The Hall–Kier alpha value is -1.68. The van der Waals surface area contributed by atoms with Gasteiger partial charge in [-0.25, -0.2) is 0 Å². The zero-order chi connectivity index (χ0) is 12.5. The Morgan fingerprint density at radius 1 is 1.28 bits per heavy atom. The average molecular weight is 243 g/mol. The molecule has 0 saturated heterocycles. The van der Waals surface area contributed by atoms with Gasteiger partial charge in [-0.3, -0.25) is 0 Å². The summed E-state index contributed by atoms with van der Waals surface area (Å²) in [5, 5.41) is 7.47. The molecule has 1 aliphatic heterocycles. The van der Waals surface area contributed by atoms with Crippen LogP contribution in [0.3, 0.4) is 0 Å². The topological polar surface area (TPSA) is 51.0 Å². The van der Waals surface area contributed by atoms with E-state index in [1.165, 1.54) is 11.1 Å². The minimum atomic E-state index is 0.139. The van der Waals surface area contributed by atoms with Crippen LogP contribution in [0.25, 0.3) is 0 Å². The molecule has 0 bridgehead atoms. The van der Waals surface area contributed by atoms with Crippen molar-refractivity contribution >= 4 is 0 Å². The minimum Gasteiger partial charge on any atom is -0.338 e. The third-order valence-electron chi connectivity index (χ3n) is 3.35. The molecule has 0 aliphatic carbocycles. The molecule has 4 nitrogen and oxygen atoms in total. The maximum Gasteiger partial charge on any atom is 0.244 e. The van der Waals surface area contributed by atoms with Crippen molar-refractivity contribution in [1.29, 1.82) is 0 Å². The quantitative estimate of drug-likeness (QED) is 0.880. The Morgan fingerprint density at radius 3 is 2.78 bits per heavy atom. The van der Waals surface area contributed by atoms with Gasteiger partial charge in [0, 0.05) is 12.5 Å². The van der Waals surface area contributed by atoms with E-state index in [9.17, 15) is 0 Å². The van der Waals surface area contributed by atoms with Gasteiger partial charge in [0.05, 0.1) is 6.04 Å². The number of hydrogen-bond acceptors (Lipinski definition) is 4. The summed E-state index contributed by atoms with van der Waals surface area (Å²) < 4.78 is 5.36. The SMILES string of the molecule is CC(C)c1noc([C@@H]2Cc3ccccc3CN2)n1. The van der Waals surface area contributed by atoms with Crippen molar-refractivity contribution < 1.29 is 4.52 Å². The molecule has 0 saturated carbocycles. The van der Waals surface area contributed by atoms with E-state index in [2.05, 4.69) is 53.6 Å². The molecular formula is C14H17N3O. The van der Waals surface area contributed by atoms with E-state index in [1.807, 2.05) is 0 Å². The summed E-state index contributed by atoms with van der Waals surface area (Å²) in [6, 6.07) is 8.62. The zero-order valence-electron chi connectivity index (χ0n) is 10.7. The van der Waals surface area contributed by atoms with Gasteiger partial charge in [0.25, 0.3) is 0 Å². The third kappa shape index (κ3) is 2.04. The summed E-state index contributed by atoms with van der Waals surface area (Å²) in [5.41, 5.74) is 2.72. The van der Waals surface area contributed by atoms with Gasteiger partial charge < -0.3 is 9.84 Å². The van der Waals surface area contributed by atoms with Crippen LogP contribution >= 0.6 is 0 Å². The molecule has 1 aromatic heterocycles. The molecule has 94 valence electrons. The maximum atomic E-state index is 5.36. The van der Waals surface area contributed by atoms with Gasteiger partial charge in [-0.15, -0.1) is 0 Å². The number of nitrogens with zero attached hydrogens (tertiary/aromatic N) is 2. The van der Waals surface area contributed by atoms with Crippen LogP contribution in [0.15, 0.2) is 28.8 Å². The van der Waals surface area contributed by atoms with Crippen LogP contribution in [-0.4, -0.2) is 10.1 Å². The monoisotopic (exact) mass is 243 g/mol. The number of hydrogen-bond donors (Lipinski definition) is 1. The number of rotatable bonds is 2. The predicted molar refractivity (Wildman–Crippen MR) is 68.1 cm³/mol.